The number of aliphatic hydroxyl groups excluding tert-OH is 3. The molecular formula is C25H37NO6S. The number of carbonyl (C=O) groups is 2. The van der Waals surface area contributed by atoms with Crippen molar-refractivity contribution in [1.82, 2.24) is 4.98 Å². The van der Waals surface area contributed by atoms with Gasteiger partial charge in [0.15, 0.2) is 0 Å². The SMILES string of the molecule is C#CC[C@H](OC(=O)C[C@H](O)C(C)(C)C(=O)[C@H](C)[C@@H](O)[C@@H](C)CCO)/C(C)=C/c1csc(C)n1. The second-order valence-electron chi connectivity index (χ2n) is 9.14. The van der Waals surface area contributed by atoms with Crippen LogP contribution in [0.4, 0.5) is 0 Å². The van der Waals surface area contributed by atoms with Gasteiger partial charge in [0.05, 0.1) is 34.7 Å². The highest BCUT2D eigenvalue weighted by Crippen LogP contribution is 2.31. The van der Waals surface area contributed by atoms with Gasteiger partial charge in [0.1, 0.15) is 11.9 Å². The fourth-order valence-electron chi connectivity index (χ4n) is 3.57. The number of rotatable bonds is 13. The van der Waals surface area contributed by atoms with Gasteiger partial charge in [-0.3, -0.25) is 9.59 Å². The van der Waals surface area contributed by atoms with E-state index in [9.17, 15) is 19.8 Å². The van der Waals surface area contributed by atoms with E-state index < -0.39 is 42.0 Å². The van der Waals surface area contributed by atoms with Gasteiger partial charge in [0.2, 0.25) is 0 Å². The van der Waals surface area contributed by atoms with Gasteiger partial charge in [0, 0.05) is 24.3 Å². The second kappa shape index (κ2) is 13.0. The number of nitrogens with zero attached hydrogens (tertiary/aromatic N) is 1. The molecule has 1 heterocycles. The highest BCUT2D eigenvalue weighted by Gasteiger charge is 2.42. The van der Waals surface area contributed by atoms with Crippen LogP contribution >= 0.6 is 11.3 Å². The third kappa shape index (κ3) is 8.35. The molecule has 7 nitrogen and oxygen atoms in total. The number of ketones is 1. The summed E-state index contributed by atoms with van der Waals surface area (Å²) in [5.41, 5.74) is 0.192. The van der Waals surface area contributed by atoms with E-state index in [0.29, 0.717) is 6.42 Å². The van der Waals surface area contributed by atoms with Crippen LogP contribution in [0.25, 0.3) is 6.08 Å². The Morgan fingerprint density at radius 1 is 1.33 bits per heavy atom. The molecule has 0 fully saturated rings. The normalized spacial score (nSPS) is 16.9. The van der Waals surface area contributed by atoms with Crippen molar-refractivity contribution >= 4 is 29.2 Å². The summed E-state index contributed by atoms with van der Waals surface area (Å²) in [6.45, 7) is 10.0. The van der Waals surface area contributed by atoms with Crippen LogP contribution in [-0.2, 0) is 14.3 Å². The summed E-state index contributed by atoms with van der Waals surface area (Å²) >= 11 is 1.51. The molecule has 0 amide bonds. The molecule has 5 atom stereocenters. The van der Waals surface area contributed by atoms with Crippen LogP contribution in [0.3, 0.4) is 0 Å². The number of terminal acetylenes is 1. The molecule has 33 heavy (non-hydrogen) atoms. The van der Waals surface area contributed by atoms with E-state index in [0.717, 1.165) is 16.3 Å². The summed E-state index contributed by atoms with van der Waals surface area (Å²) in [7, 11) is 0. The standard InChI is InChI=1S/C25H37NO6S/c1-8-9-20(16(3)12-19-14-33-18(5)26-19)32-22(29)13-21(28)25(6,7)24(31)17(4)23(30)15(2)10-11-27/h1,12,14-15,17,20-21,23,27-28,30H,9-11,13H2,2-7H3/b16-12+/t15-,17+,20-,21-,23-/m0/s1. The molecule has 8 heteroatoms. The van der Waals surface area contributed by atoms with Crippen LogP contribution < -0.4 is 0 Å². The van der Waals surface area contributed by atoms with E-state index in [1.807, 2.05) is 12.3 Å². The highest BCUT2D eigenvalue weighted by atomic mass is 32.1. The Balaban J connectivity index is 2.85. The minimum atomic E-state index is -1.31. The van der Waals surface area contributed by atoms with Gasteiger partial charge in [-0.1, -0.05) is 27.7 Å². The fraction of sp³-hybridized carbons (Fsp3) is 0.640. The van der Waals surface area contributed by atoms with E-state index in [-0.39, 0.29) is 24.7 Å². The molecule has 1 aromatic rings. The van der Waals surface area contributed by atoms with Crippen LogP contribution in [0.5, 0.6) is 0 Å². The molecule has 0 aliphatic rings. The quantitative estimate of drug-likeness (QED) is 0.294. The van der Waals surface area contributed by atoms with E-state index in [1.165, 1.54) is 11.3 Å². The first-order valence-electron chi connectivity index (χ1n) is 11.1. The molecule has 3 N–H and O–H groups in total. The van der Waals surface area contributed by atoms with Crippen molar-refractivity contribution in [2.45, 2.75) is 79.1 Å². The van der Waals surface area contributed by atoms with Crippen molar-refractivity contribution in [2.24, 2.45) is 17.3 Å². The van der Waals surface area contributed by atoms with E-state index in [1.54, 1.807) is 40.7 Å². The maximum absolute atomic E-state index is 13.0. The van der Waals surface area contributed by atoms with Gasteiger partial charge in [-0.05, 0) is 37.8 Å². The van der Waals surface area contributed by atoms with Gasteiger partial charge in [-0.15, -0.1) is 23.7 Å². The summed E-state index contributed by atoms with van der Waals surface area (Å²) in [5, 5.41) is 33.0. The van der Waals surface area contributed by atoms with E-state index in [2.05, 4.69) is 10.9 Å². The zero-order valence-electron chi connectivity index (χ0n) is 20.4. The summed E-state index contributed by atoms with van der Waals surface area (Å²) in [6, 6.07) is 0. The molecule has 0 saturated carbocycles. The first-order valence-corrected chi connectivity index (χ1v) is 12.0. The Hall–Kier alpha value is -2.05. The number of aromatic nitrogens is 1. The molecule has 0 unspecified atom stereocenters. The monoisotopic (exact) mass is 479 g/mol. The maximum atomic E-state index is 13.0. The van der Waals surface area contributed by atoms with Crippen molar-refractivity contribution in [3.63, 3.8) is 0 Å². The first-order chi connectivity index (χ1) is 15.3. The van der Waals surface area contributed by atoms with Crippen molar-refractivity contribution in [3.8, 4) is 12.3 Å². The molecule has 0 saturated heterocycles. The summed E-state index contributed by atoms with van der Waals surface area (Å²) < 4.78 is 5.53. The van der Waals surface area contributed by atoms with Gasteiger partial charge >= 0.3 is 5.97 Å². The lowest BCUT2D eigenvalue weighted by Crippen LogP contribution is -2.45. The summed E-state index contributed by atoms with van der Waals surface area (Å²) in [6.07, 6.45) is 4.44. The second-order valence-corrected chi connectivity index (χ2v) is 10.2. The Morgan fingerprint density at radius 3 is 2.48 bits per heavy atom. The Bertz CT molecular complexity index is 868. The van der Waals surface area contributed by atoms with Crippen molar-refractivity contribution < 1.29 is 29.6 Å². The van der Waals surface area contributed by atoms with Crippen LogP contribution in [0.1, 0.15) is 64.6 Å². The number of aryl methyl sites for hydroxylation is 1. The zero-order valence-corrected chi connectivity index (χ0v) is 21.2. The average molecular weight is 480 g/mol. The maximum Gasteiger partial charge on any atom is 0.309 e. The van der Waals surface area contributed by atoms with Crippen LogP contribution in [0, 0.1) is 36.5 Å². The predicted molar refractivity (Wildman–Crippen MR) is 129 cm³/mol. The number of hydrogen-bond donors (Lipinski definition) is 3. The molecule has 0 aliphatic heterocycles. The average Bonchev–Trinajstić information content (AvgIpc) is 3.16. The Labute approximate surface area is 200 Å². The van der Waals surface area contributed by atoms with Crippen LogP contribution in [0.15, 0.2) is 11.0 Å². The number of hydrogen-bond acceptors (Lipinski definition) is 8. The smallest absolute Gasteiger partial charge is 0.309 e. The van der Waals surface area contributed by atoms with Crippen molar-refractivity contribution in [1.29, 1.82) is 0 Å². The lowest BCUT2D eigenvalue weighted by molar-refractivity contribution is -0.154. The number of carbonyl (C=O) groups excluding carboxylic acids is 2. The number of thiazole rings is 1. The Morgan fingerprint density at radius 2 is 1.97 bits per heavy atom. The van der Waals surface area contributed by atoms with Crippen molar-refractivity contribution in [2.75, 3.05) is 6.61 Å². The van der Waals surface area contributed by atoms with Gasteiger partial charge < -0.3 is 20.1 Å². The summed E-state index contributed by atoms with van der Waals surface area (Å²) in [4.78, 5) is 30.0. The minimum absolute atomic E-state index is 0.0915. The molecule has 1 aromatic heterocycles. The molecule has 184 valence electrons. The largest absolute Gasteiger partial charge is 0.457 e. The molecule has 0 radical (unpaired) electrons. The number of ether oxygens (including phenoxy) is 1. The van der Waals surface area contributed by atoms with E-state index >= 15 is 0 Å². The lowest BCUT2D eigenvalue weighted by Gasteiger charge is -2.34. The Kier molecular flexibility index (Phi) is 11.4. The fourth-order valence-corrected chi connectivity index (χ4v) is 4.14. The molecule has 1 rings (SSSR count). The predicted octanol–water partition coefficient (Wildman–Crippen LogP) is 3.15. The minimum Gasteiger partial charge on any atom is -0.457 e. The third-order valence-electron chi connectivity index (χ3n) is 6.02. The van der Waals surface area contributed by atoms with Crippen LogP contribution in [-0.4, -0.2) is 57.0 Å². The van der Waals surface area contributed by atoms with E-state index in [4.69, 9.17) is 16.3 Å². The van der Waals surface area contributed by atoms with Gasteiger partial charge in [-0.25, -0.2) is 4.98 Å². The third-order valence-corrected chi connectivity index (χ3v) is 6.81. The van der Waals surface area contributed by atoms with Crippen molar-refractivity contribution in [3.05, 3.63) is 21.7 Å². The topological polar surface area (TPSA) is 117 Å². The molecule has 0 bridgehead atoms. The number of aliphatic hydroxyl groups is 3. The number of Topliss-reactive ketones (excluding diaryl/α,β-unsaturated/α-hetero) is 1. The summed E-state index contributed by atoms with van der Waals surface area (Å²) in [5.74, 6) is 0.403. The molecule has 0 aromatic carbocycles. The molecular weight excluding hydrogens is 442 g/mol. The first kappa shape index (κ1) is 29.0. The molecule has 0 aliphatic carbocycles. The number of esters is 1. The molecule has 0 spiro atoms. The van der Waals surface area contributed by atoms with Crippen LogP contribution in [0.2, 0.25) is 0 Å². The zero-order chi connectivity index (χ0) is 25.3. The van der Waals surface area contributed by atoms with Gasteiger partial charge in [0.25, 0.3) is 0 Å². The highest BCUT2D eigenvalue weighted by molar-refractivity contribution is 7.09. The van der Waals surface area contributed by atoms with Gasteiger partial charge in [-0.2, -0.15) is 0 Å². The lowest BCUT2D eigenvalue weighted by atomic mass is 9.73.